The summed E-state index contributed by atoms with van der Waals surface area (Å²) in [6.45, 7) is 2.61. The molecular formula is C24H23ClF3N3O3S2. The Bertz CT molecular complexity index is 1370. The van der Waals surface area contributed by atoms with Gasteiger partial charge in [-0.3, -0.25) is 4.72 Å². The van der Waals surface area contributed by atoms with Gasteiger partial charge in [0.15, 0.2) is 5.82 Å². The van der Waals surface area contributed by atoms with E-state index in [-0.39, 0.29) is 40.7 Å². The molecule has 36 heavy (non-hydrogen) atoms. The van der Waals surface area contributed by atoms with Gasteiger partial charge in [0.1, 0.15) is 28.1 Å². The molecule has 192 valence electrons. The lowest BCUT2D eigenvalue weighted by Gasteiger charge is -2.33. The first kappa shape index (κ1) is 26.5. The highest BCUT2D eigenvalue weighted by atomic mass is 35.5. The third-order valence-corrected chi connectivity index (χ3v) is 8.05. The molecule has 1 heterocycles. The van der Waals surface area contributed by atoms with Crippen molar-refractivity contribution in [3.63, 3.8) is 0 Å². The fourth-order valence-corrected chi connectivity index (χ4v) is 6.12. The molecule has 0 saturated heterocycles. The quantitative estimate of drug-likeness (QED) is 0.344. The first-order chi connectivity index (χ1) is 17.2. The van der Waals surface area contributed by atoms with Crippen molar-refractivity contribution in [1.29, 1.82) is 0 Å². The lowest BCUT2D eigenvalue weighted by Crippen LogP contribution is -2.41. The van der Waals surface area contributed by atoms with Gasteiger partial charge in [0.05, 0.1) is 17.1 Å². The Morgan fingerprint density at radius 3 is 2.69 bits per heavy atom. The summed E-state index contributed by atoms with van der Waals surface area (Å²) >= 11 is 7.45. The van der Waals surface area contributed by atoms with Gasteiger partial charge in [-0.15, -0.1) is 11.3 Å². The molecule has 0 amide bonds. The van der Waals surface area contributed by atoms with Crippen molar-refractivity contribution < 1.29 is 26.3 Å². The van der Waals surface area contributed by atoms with Gasteiger partial charge in [-0.1, -0.05) is 24.6 Å². The monoisotopic (exact) mass is 557 g/mol. The predicted molar refractivity (Wildman–Crippen MR) is 134 cm³/mol. The normalized spacial score (nSPS) is 18.1. The van der Waals surface area contributed by atoms with Gasteiger partial charge in [0.25, 0.3) is 10.0 Å². The van der Waals surface area contributed by atoms with E-state index in [4.69, 9.17) is 16.3 Å². The number of benzene rings is 2. The molecule has 12 heteroatoms. The lowest BCUT2D eigenvalue weighted by molar-refractivity contribution is 0.236. The maximum absolute atomic E-state index is 14.9. The smallest absolute Gasteiger partial charge is 0.266 e. The average molecular weight is 558 g/mol. The second-order valence-electron chi connectivity index (χ2n) is 8.13. The zero-order valence-corrected chi connectivity index (χ0v) is 21.5. The highest BCUT2D eigenvalue weighted by Crippen LogP contribution is 2.37. The lowest BCUT2D eigenvalue weighted by atomic mass is 9.80. The van der Waals surface area contributed by atoms with Gasteiger partial charge in [-0.2, -0.15) is 0 Å². The molecule has 1 aliphatic rings. The first-order valence-corrected chi connectivity index (χ1v) is 13.9. The molecule has 0 radical (unpaired) electrons. The summed E-state index contributed by atoms with van der Waals surface area (Å²) in [5.41, 5.74) is 2.34. The van der Waals surface area contributed by atoms with E-state index in [1.807, 2.05) is 13.0 Å². The van der Waals surface area contributed by atoms with Gasteiger partial charge in [-0.25, -0.2) is 26.6 Å². The van der Waals surface area contributed by atoms with Crippen LogP contribution in [0, 0.1) is 23.4 Å². The molecule has 2 aromatic carbocycles. The number of sulfonamides is 1. The van der Waals surface area contributed by atoms with Gasteiger partial charge in [-0.05, 0) is 43.2 Å². The van der Waals surface area contributed by atoms with E-state index in [1.165, 1.54) is 34.4 Å². The van der Waals surface area contributed by atoms with E-state index in [1.54, 1.807) is 0 Å². The predicted octanol–water partition coefficient (Wildman–Crippen LogP) is 5.87. The van der Waals surface area contributed by atoms with Gasteiger partial charge in [0.2, 0.25) is 0 Å². The minimum absolute atomic E-state index is 0.00263. The van der Waals surface area contributed by atoms with Crippen LogP contribution in [0.1, 0.15) is 25.3 Å². The molecular weight excluding hydrogens is 535 g/mol. The number of halogens is 4. The fraction of sp³-hybridized carbons (Fsp3) is 0.292. The summed E-state index contributed by atoms with van der Waals surface area (Å²) in [7, 11) is -4.27. The molecule has 0 aliphatic heterocycles. The zero-order chi connectivity index (χ0) is 25.9. The standard InChI is InChI=1S/C24H23ClF3N3O3S2/c1-2-29-21-5-3-4-15(16-7-6-14(26)8-19(16)27)17(21)11-34-22-10-20(28)23(9-18(22)25)36(32,33)31-24-12-35-13-30-24/h4,6-10,12-13,17,21,29,31H,2-3,5,11H2,1H3. The maximum Gasteiger partial charge on any atom is 0.266 e. The van der Waals surface area contributed by atoms with Crippen LogP contribution in [0.3, 0.4) is 0 Å². The Hall–Kier alpha value is -2.60. The number of nitrogens with one attached hydrogen (secondary N) is 2. The molecule has 0 bridgehead atoms. The number of thiazole rings is 1. The summed E-state index contributed by atoms with van der Waals surface area (Å²) < 4.78 is 76.2. The number of rotatable bonds is 9. The Labute approximate surface area is 216 Å². The summed E-state index contributed by atoms with van der Waals surface area (Å²) in [5.74, 6) is -2.76. The van der Waals surface area contributed by atoms with E-state index in [0.29, 0.717) is 18.5 Å². The highest BCUT2D eigenvalue weighted by Gasteiger charge is 2.31. The Balaban J connectivity index is 1.59. The van der Waals surface area contributed by atoms with Gasteiger partial charge >= 0.3 is 0 Å². The second kappa shape index (κ2) is 11.2. The van der Waals surface area contributed by atoms with Crippen LogP contribution in [-0.4, -0.2) is 32.6 Å². The molecule has 0 saturated carbocycles. The van der Waals surface area contributed by atoms with E-state index in [2.05, 4.69) is 15.0 Å². The largest absolute Gasteiger partial charge is 0.491 e. The number of anilines is 1. The Kier molecular flexibility index (Phi) is 8.23. The van der Waals surface area contributed by atoms with E-state index in [0.717, 1.165) is 24.6 Å². The molecule has 1 aliphatic carbocycles. The van der Waals surface area contributed by atoms with Crippen LogP contribution >= 0.6 is 22.9 Å². The van der Waals surface area contributed by atoms with Crippen molar-refractivity contribution >= 4 is 44.4 Å². The van der Waals surface area contributed by atoms with Crippen LogP contribution in [0.25, 0.3) is 5.57 Å². The first-order valence-electron chi connectivity index (χ1n) is 11.1. The number of aromatic nitrogens is 1. The summed E-state index contributed by atoms with van der Waals surface area (Å²) in [6.07, 6.45) is 3.34. The van der Waals surface area contributed by atoms with Crippen molar-refractivity contribution in [1.82, 2.24) is 10.3 Å². The number of hydrogen-bond donors (Lipinski definition) is 2. The third kappa shape index (κ3) is 5.86. The number of allylic oxidation sites excluding steroid dienone is 1. The maximum atomic E-state index is 14.9. The molecule has 2 atom stereocenters. The molecule has 2 unspecified atom stereocenters. The summed E-state index contributed by atoms with van der Waals surface area (Å²) in [5, 5.41) is 4.72. The van der Waals surface area contributed by atoms with Crippen LogP contribution in [-0.2, 0) is 10.0 Å². The molecule has 1 aromatic heterocycles. The van der Waals surface area contributed by atoms with Crippen LogP contribution in [0.15, 0.2) is 52.2 Å². The van der Waals surface area contributed by atoms with E-state index < -0.39 is 32.4 Å². The minimum atomic E-state index is -4.27. The topological polar surface area (TPSA) is 80.3 Å². The highest BCUT2D eigenvalue weighted by molar-refractivity contribution is 7.92. The van der Waals surface area contributed by atoms with Crippen molar-refractivity contribution in [2.45, 2.75) is 30.7 Å². The van der Waals surface area contributed by atoms with Crippen molar-refractivity contribution in [3.8, 4) is 5.75 Å². The number of ether oxygens (including phenoxy) is 1. The molecule has 6 nitrogen and oxygen atoms in total. The Morgan fingerprint density at radius 1 is 1.19 bits per heavy atom. The Morgan fingerprint density at radius 2 is 2.00 bits per heavy atom. The zero-order valence-electron chi connectivity index (χ0n) is 19.1. The molecule has 3 aromatic rings. The van der Waals surface area contributed by atoms with E-state index in [9.17, 15) is 21.6 Å². The van der Waals surface area contributed by atoms with E-state index >= 15 is 0 Å². The summed E-state index contributed by atoms with van der Waals surface area (Å²) in [6, 6.07) is 5.21. The van der Waals surface area contributed by atoms with Crippen LogP contribution < -0.4 is 14.8 Å². The van der Waals surface area contributed by atoms with Crippen molar-refractivity contribution in [2.24, 2.45) is 5.92 Å². The number of nitrogens with zero attached hydrogens (tertiary/aromatic N) is 1. The summed E-state index contributed by atoms with van der Waals surface area (Å²) in [4.78, 5) is 3.18. The van der Waals surface area contributed by atoms with Crippen molar-refractivity contribution in [2.75, 3.05) is 17.9 Å². The molecule has 0 fully saturated rings. The van der Waals surface area contributed by atoms with Crippen LogP contribution in [0.2, 0.25) is 5.02 Å². The van der Waals surface area contributed by atoms with Gasteiger partial charge in [0, 0.05) is 35.0 Å². The fourth-order valence-electron chi connectivity index (χ4n) is 4.20. The SMILES string of the molecule is CCNC1CCC=C(c2ccc(F)cc2F)C1COc1cc(F)c(S(=O)(=O)Nc2cscn2)cc1Cl. The van der Waals surface area contributed by atoms with Crippen molar-refractivity contribution in [3.05, 3.63) is 75.3 Å². The second-order valence-corrected chi connectivity index (χ2v) is 10.9. The average Bonchev–Trinajstić information content (AvgIpc) is 3.32. The molecule has 0 spiro atoms. The van der Waals surface area contributed by atoms with Crippen LogP contribution in [0.4, 0.5) is 19.0 Å². The van der Waals surface area contributed by atoms with Gasteiger partial charge < -0.3 is 10.1 Å². The molecule has 2 N–H and O–H groups in total. The molecule has 4 rings (SSSR count). The number of hydrogen-bond acceptors (Lipinski definition) is 6. The third-order valence-electron chi connectivity index (χ3n) is 5.80. The minimum Gasteiger partial charge on any atom is -0.491 e. The van der Waals surface area contributed by atoms with Crippen LogP contribution in [0.5, 0.6) is 5.75 Å².